The van der Waals surface area contributed by atoms with E-state index in [4.69, 9.17) is 9.47 Å². The van der Waals surface area contributed by atoms with E-state index in [-0.39, 0.29) is 21.9 Å². The number of carbonyl (C=O) groups is 2. The first-order chi connectivity index (χ1) is 11.8. The van der Waals surface area contributed by atoms with Gasteiger partial charge in [-0.15, -0.1) is 0 Å². The van der Waals surface area contributed by atoms with E-state index in [9.17, 15) is 18.0 Å². The molecule has 1 aromatic carbocycles. The number of morpholine rings is 1. The second-order valence-corrected chi connectivity index (χ2v) is 7.58. The van der Waals surface area contributed by atoms with Gasteiger partial charge >= 0.3 is 5.97 Å². The number of carbonyl (C=O) groups excluding carboxylic acids is 2. The summed E-state index contributed by atoms with van der Waals surface area (Å²) in [6, 6.07) is 6.13. The minimum absolute atomic E-state index is 0.00715. The van der Waals surface area contributed by atoms with Crippen LogP contribution in [0.1, 0.15) is 12.5 Å². The topological polar surface area (TPSA) is 93.2 Å². The lowest BCUT2D eigenvalue weighted by atomic mass is 10.1. The zero-order valence-electron chi connectivity index (χ0n) is 13.9. The number of ether oxygens (including phenoxy) is 2. The molecule has 2 aliphatic rings. The van der Waals surface area contributed by atoms with Gasteiger partial charge in [-0.3, -0.25) is 13.9 Å². The SMILES string of the molecule is CC(=O)OC1=C(C(=O)N2CCOCC2)N(C)S(=O)(=O)c2ccccc21. The van der Waals surface area contributed by atoms with Crippen LogP contribution >= 0.6 is 0 Å². The Kier molecular flexibility index (Phi) is 4.53. The van der Waals surface area contributed by atoms with Crippen molar-refractivity contribution >= 4 is 27.7 Å². The number of hydrogen-bond donors (Lipinski definition) is 0. The molecule has 0 N–H and O–H groups in total. The van der Waals surface area contributed by atoms with E-state index in [1.54, 1.807) is 12.1 Å². The number of likely N-dealkylation sites (N-methyl/N-ethyl adjacent to an activating group) is 1. The first kappa shape index (κ1) is 17.4. The molecule has 0 spiro atoms. The highest BCUT2D eigenvalue weighted by Gasteiger charge is 2.40. The van der Waals surface area contributed by atoms with Crippen LogP contribution in [0.5, 0.6) is 0 Å². The molecule has 0 unspecified atom stereocenters. The van der Waals surface area contributed by atoms with Gasteiger partial charge in [-0.2, -0.15) is 0 Å². The molecule has 1 fully saturated rings. The highest BCUT2D eigenvalue weighted by molar-refractivity contribution is 7.89. The molecule has 1 saturated heterocycles. The first-order valence-electron chi connectivity index (χ1n) is 7.72. The van der Waals surface area contributed by atoms with Gasteiger partial charge in [-0.25, -0.2) is 8.42 Å². The Bertz CT molecular complexity index is 855. The molecule has 25 heavy (non-hydrogen) atoms. The third-order valence-corrected chi connectivity index (χ3v) is 5.86. The molecule has 0 bridgehead atoms. The van der Waals surface area contributed by atoms with Crippen LogP contribution in [-0.2, 0) is 29.1 Å². The number of nitrogens with zero attached hydrogens (tertiary/aromatic N) is 2. The van der Waals surface area contributed by atoms with E-state index in [0.29, 0.717) is 26.3 Å². The summed E-state index contributed by atoms with van der Waals surface area (Å²) in [6.45, 7) is 2.62. The number of benzene rings is 1. The van der Waals surface area contributed by atoms with E-state index in [1.165, 1.54) is 31.0 Å². The molecular weight excluding hydrogens is 348 g/mol. The third kappa shape index (κ3) is 3.00. The van der Waals surface area contributed by atoms with Crippen LogP contribution in [0, 0.1) is 0 Å². The maximum absolute atomic E-state index is 13.0. The summed E-state index contributed by atoms with van der Waals surface area (Å²) in [7, 11) is -2.64. The minimum Gasteiger partial charge on any atom is -0.424 e. The van der Waals surface area contributed by atoms with Crippen molar-refractivity contribution in [2.24, 2.45) is 0 Å². The second kappa shape index (κ2) is 6.49. The maximum atomic E-state index is 13.0. The molecule has 0 aromatic heterocycles. The van der Waals surface area contributed by atoms with Gasteiger partial charge in [0.1, 0.15) is 0 Å². The number of amides is 1. The molecule has 1 aromatic rings. The van der Waals surface area contributed by atoms with E-state index in [1.807, 2.05) is 0 Å². The van der Waals surface area contributed by atoms with E-state index >= 15 is 0 Å². The summed E-state index contributed by atoms with van der Waals surface area (Å²) < 4.78 is 36.9. The Morgan fingerprint density at radius 3 is 2.44 bits per heavy atom. The van der Waals surface area contributed by atoms with E-state index in [2.05, 4.69) is 0 Å². The average molecular weight is 366 g/mol. The zero-order valence-corrected chi connectivity index (χ0v) is 14.7. The van der Waals surface area contributed by atoms with Gasteiger partial charge in [0.05, 0.1) is 18.1 Å². The third-order valence-electron chi connectivity index (χ3n) is 4.05. The Balaban J connectivity index is 2.20. The highest BCUT2D eigenvalue weighted by atomic mass is 32.2. The molecule has 0 saturated carbocycles. The fraction of sp³-hybridized carbons (Fsp3) is 0.375. The van der Waals surface area contributed by atoms with Crippen molar-refractivity contribution in [3.8, 4) is 0 Å². The largest absolute Gasteiger partial charge is 0.424 e. The predicted octanol–water partition coefficient (Wildman–Crippen LogP) is 0.411. The number of fused-ring (bicyclic) bond motifs is 1. The van der Waals surface area contributed by atoms with Crippen LogP contribution in [-0.4, -0.2) is 62.9 Å². The molecule has 1 amide bonds. The van der Waals surface area contributed by atoms with Crippen molar-refractivity contribution in [3.05, 3.63) is 35.5 Å². The molecule has 8 nitrogen and oxygen atoms in total. The van der Waals surface area contributed by atoms with Crippen LogP contribution in [0.3, 0.4) is 0 Å². The lowest BCUT2D eigenvalue weighted by Gasteiger charge is -2.34. The normalized spacial score (nSPS) is 19.4. The van der Waals surface area contributed by atoms with Gasteiger partial charge in [-0.05, 0) is 12.1 Å². The fourth-order valence-electron chi connectivity index (χ4n) is 2.81. The van der Waals surface area contributed by atoms with Gasteiger partial charge in [0.15, 0.2) is 11.5 Å². The lowest BCUT2D eigenvalue weighted by Crippen LogP contribution is -2.46. The van der Waals surface area contributed by atoms with Crippen LogP contribution in [0.4, 0.5) is 0 Å². The Labute approximate surface area is 145 Å². The van der Waals surface area contributed by atoms with Crippen molar-refractivity contribution in [1.82, 2.24) is 9.21 Å². The molecule has 2 heterocycles. The summed E-state index contributed by atoms with van der Waals surface area (Å²) in [6.07, 6.45) is 0. The molecule has 134 valence electrons. The summed E-state index contributed by atoms with van der Waals surface area (Å²) in [5.74, 6) is -1.19. The van der Waals surface area contributed by atoms with Crippen LogP contribution in [0.2, 0.25) is 0 Å². The van der Waals surface area contributed by atoms with Gasteiger partial charge in [0.2, 0.25) is 0 Å². The number of esters is 1. The maximum Gasteiger partial charge on any atom is 0.308 e. The van der Waals surface area contributed by atoms with Crippen molar-refractivity contribution in [2.45, 2.75) is 11.8 Å². The molecule has 3 rings (SSSR count). The van der Waals surface area contributed by atoms with Gasteiger partial charge in [-0.1, -0.05) is 12.1 Å². The van der Waals surface area contributed by atoms with Crippen LogP contribution in [0.15, 0.2) is 34.9 Å². The van der Waals surface area contributed by atoms with Gasteiger partial charge in [0.25, 0.3) is 15.9 Å². The van der Waals surface area contributed by atoms with Gasteiger partial charge in [0, 0.05) is 32.6 Å². The number of sulfonamides is 1. The number of rotatable bonds is 2. The van der Waals surface area contributed by atoms with E-state index in [0.717, 1.165) is 4.31 Å². The summed E-state index contributed by atoms with van der Waals surface area (Å²) >= 11 is 0. The molecule has 9 heteroatoms. The van der Waals surface area contributed by atoms with Gasteiger partial charge < -0.3 is 14.4 Å². The smallest absolute Gasteiger partial charge is 0.308 e. The lowest BCUT2D eigenvalue weighted by molar-refractivity contribution is -0.134. The zero-order chi connectivity index (χ0) is 18.2. The second-order valence-electron chi connectivity index (χ2n) is 5.64. The average Bonchev–Trinajstić information content (AvgIpc) is 2.60. The van der Waals surface area contributed by atoms with Crippen LogP contribution < -0.4 is 0 Å². The predicted molar refractivity (Wildman–Crippen MR) is 87.5 cm³/mol. The molecule has 0 aliphatic carbocycles. The Morgan fingerprint density at radius 2 is 1.80 bits per heavy atom. The van der Waals surface area contributed by atoms with Crippen molar-refractivity contribution < 1.29 is 27.5 Å². The summed E-state index contributed by atoms with van der Waals surface area (Å²) in [5, 5.41) is 0. The molecule has 2 aliphatic heterocycles. The van der Waals surface area contributed by atoms with Crippen LogP contribution in [0.25, 0.3) is 5.76 Å². The minimum atomic E-state index is -3.92. The standard InChI is InChI=1S/C16H18N2O6S/c1-11(19)24-15-12-5-3-4-6-13(12)25(21,22)17(2)14(15)16(20)18-7-9-23-10-8-18/h3-6H,7-10H2,1-2H3. The quantitative estimate of drug-likeness (QED) is 0.704. The molecular formula is C16H18N2O6S. The highest BCUT2D eigenvalue weighted by Crippen LogP contribution is 2.37. The summed E-state index contributed by atoms with van der Waals surface area (Å²) in [4.78, 5) is 26.0. The Hall–Kier alpha value is -2.39. The van der Waals surface area contributed by atoms with E-state index < -0.39 is 21.9 Å². The number of hydrogen-bond acceptors (Lipinski definition) is 6. The first-order valence-corrected chi connectivity index (χ1v) is 9.16. The Morgan fingerprint density at radius 1 is 1.16 bits per heavy atom. The van der Waals surface area contributed by atoms with Crippen molar-refractivity contribution in [2.75, 3.05) is 33.4 Å². The molecule has 0 radical (unpaired) electrons. The molecule has 0 atom stereocenters. The fourth-order valence-corrected chi connectivity index (χ4v) is 4.20. The summed E-state index contributed by atoms with van der Waals surface area (Å²) in [5.41, 5.74) is 0.0307. The van der Waals surface area contributed by atoms with Crippen molar-refractivity contribution in [3.63, 3.8) is 0 Å². The monoisotopic (exact) mass is 366 g/mol. The van der Waals surface area contributed by atoms with Crippen molar-refractivity contribution in [1.29, 1.82) is 0 Å².